The maximum atomic E-state index is 12.8. The zero-order chi connectivity index (χ0) is 17.7. The highest BCUT2D eigenvalue weighted by molar-refractivity contribution is 7.89. The van der Waals surface area contributed by atoms with Gasteiger partial charge in [0.15, 0.2) is 0 Å². The second kappa shape index (κ2) is 8.29. The number of carboxylic acid groups (broad SMARTS) is 1. The van der Waals surface area contributed by atoms with Gasteiger partial charge in [0.2, 0.25) is 15.9 Å². The molecule has 0 spiro atoms. The summed E-state index contributed by atoms with van der Waals surface area (Å²) in [4.78, 5) is 25.4. The lowest BCUT2D eigenvalue weighted by atomic mass is 9.93. The van der Waals surface area contributed by atoms with E-state index in [2.05, 4.69) is 0 Å². The average Bonchev–Trinajstić information content (AvgIpc) is 2.54. The molecule has 0 aliphatic carbocycles. The molecule has 0 radical (unpaired) electrons. The van der Waals surface area contributed by atoms with Crippen molar-refractivity contribution < 1.29 is 23.1 Å². The molecule has 2 rings (SSSR count). The molecule has 1 unspecified atom stereocenters. The van der Waals surface area contributed by atoms with Crippen LogP contribution in [0.5, 0.6) is 0 Å². The lowest BCUT2D eigenvalue weighted by Gasteiger charge is -2.39. The number of sulfonamides is 1. The van der Waals surface area contributed by atoms with Crippen LogP contribution in [-0.4, -0.2) is 66.0 Å². The van der Waals surface area contributed by atoms with Crippen LogP contribution in [0.1, 0.15) is 51.9 Å². The van der Waals surface area contributed by atoms with Gasteiger partial charge in [0.1, 0.15) is 6.04 Å². The summed E-state index contributed by atoms with van der Waals surface area (Å²) in [7, 11) is -3.38. The molecule has 2 aliphatic heterocycles. The van der Waals surface area contributed by atoms with Crippen molar-refractivity contribution in [3.05, 3.63) is 0 Å². The van der Waals surface area contributed by atoms with Crippen molar-refractivity contribution in [2.24, 2.45) is 5.92 Å². The predicted molar refractivity (Wildman–Crippen MR) is 90.0 cm³/mol. The van der Waals surface area contributed by atoms with Gasteiger partial charge in [-0.25, -0.2) is 8.42 Å². The van der Waals surface area contributed by atoms with Crippen molar-refractivity contribution in [2.45, 2.75) is 57.9 Å². The number of hydrogen-bond donors (Lipinski definition) is 1. The summed E-state index contributed by atoms with van der Waals surface area (Å²) >= 11 is 0. The van der Waals surface area contributed by atoms with Gasteiger partial charge in [0.05, 0.1) is 5.75 Å². The number of carbonyl (C=O) groups is 2. The van der Waals surface area contributed by atoms with Gasteiger partial charge >= 0.3 is 5.97 Å². The van der Waals surface area contributed by atoms with Gasteiger partial charge in [0, 0.05) is 26.1 Å². The van der Waals surface area contributed by atoms with Gasteiger partial charge in [-0.05, 0) is 38.0 Å². The quantitative estimate of drug-likeness (QED) is 0.770. The fraction of sp³-hybridized carbons (Fsp3) is 0.875. The van der Waals surface area contributed by atoms with Crippen LogP contribution >= 0.6 is 0 Å². The van der Waals surface area contributed by atoms with Crippen molar-refractivity contribution >= 4 is 21.9 Å². The fourth-order valence-corrected chi connectivity index (χ4v) is 5.42. The molecule has 1 N–H and O–H groups in total. The molecule has 7 nitrogen and oxygen atoms in total. The summed E-state index contributed by atoms with van der Waals surface area (Å²) in [5.74, 6) is -0.720. The molecular formula is C16H28N2O5S. The first kappa shape index (κ1) is 19.2. The maximum absolute atomic E-state index is 12.8. The Morgan fingerprint density at radius 3 is 2.33 bits per heavy atom. The van der Waals surface area contributed by atoms with E-state index in [1.807, 2.05) is 6.92 Å². The summed E-state index contributed by atoms with van der Waals surface area (Å²) in [6, 6.07) is -0.577. The number of hydrogen-bond acceptors (Lipinski definition) is 4. The molecule has 0 aromatic carbocycles. The normalized spacial score (nSPS) is 24.0. The van der Waals surface area contributed by atoms with Crippen LogP contribution in [0.4, 0.5) is 0 Å². The number of rotatable bonds is 6. The van der Waals surface area contributed by atoms with Gasteiger partial charge < -0.3 is 10.0 Å². The molecule has 2 aliphatic rings. The van der Waals surface area contributed by atoms with E-state index in [-0.39, 0.29) is 24.0 Å². The molecule has 2 fully saturated rings. The Hall–Kier alpha value is -1.15. The number of aliphatic carboxylic acids is 1. The van der Waals surface area contributed by atoms with Crippen LogP contribution < -0.4 is 0 Å². The van der Waals surface area contributed by atoms with E-state index < -0.39 is 22.0 Å². The van der Waals surface area contributed by atoms with Crippen molar-refractivity contribution in [1.82, 2.24) is 9.21 Å². The van der Waals surface area contributed by atoms with E-state index in [1.165, 1.54) is 4.31 Å². The largest absolute Gasteiger partial charge is 0.481 e. The highest BCUT2D eigenvalue weighted by Crippen LogP contribution is 2.26. The highest BCUT2D eigenvalue weighted by Gasteiger charge is 2.39. The van der Waals surface area contributed by atoms with E-state index in [1.54, 1.807) is 4.90 Å². The predicted octanol–water partition coefficient (Wildman–Crippen LogP) is 1.29. The molecule has 1 amide bonds. The summed E-state index contributed by atoms with van der Waals surface area (Å²) in [5, 5.41) is 8.87. The van der Waals surface area contributed by atoms with Gasteiger partial charge in [-0.3, -0.25) is 9.59 Å². The molecule has 2 saturated heterocycles. The molecule has 1 atom stereocenters. The Balaban J connectivity index is 2.01. The number of carboxylic acids is 1. The zero-order valence-electron chi connectivity index (χ0n) is 14.3. The van der Waals surface area contributed by atoms with Crippen LogP contribution in [0.3, 0.4) is 0 Å². The first-order valence-corrected chi connectivity index (χ1v) is 10.5. The van der Waals surface area contributed by atoms with Crippen LogP contribution in [0, 0.1) is 5.92 Å². The second-order valence-corrected chi connectivity index (χ2v) is 8.85. The van der Waals surface area contributed by atoms with Crippen LogP contribution in [0.25, 0.3) is 0 Å². The average molecular weight is 360 g/mol. The van der Waals surface area contributed by atoms with Crippen LogP contribution in [0.2, 0.25) is 0 Å². The first-order chi connectivity index (χ1) is 11.3. The van der Waals surface area contributed by atoms with Crippen molar-refractivity contribution in [3.8, 4) is 0 Å². The van der Waals surface area contributed by atoms with Crippen LogP contribution in [0.15, 0.2) is 0 Å². The molecule has 0 aromatic rings. The molecule has 0 bridgehead atoms. The highest BCUT2D eigenvalue weighted by atomic mass is 32.2. The number of nitrogens with zero attached hydrogens (tertiary/aromatic N) is 2. The number of piperidine rings is 2. The third kappa shape index (κ3) is 4.69. The Kier molecular flexibility index (Phi) is 6.62. The minimum atomic E-state index is -3.38. The number of amides is 1. The van der Waals surface area contributed by atoms with E-state index in [4.69, 9.17) is 5.11 Å². The third-order valence-corrected chi connectivity index (χ3v) is 7.02. The van der Waals surface area contributed by atoms with E-state index in [0.717, 1.165) is 12.8 Å². The number of carbonyl (C=O) groups excluding carboxylic acids is 1. The van der Waals surface area contributed by atoms with Gasteiger partial charge in [-0.15, -0.1) is 0 Å². The van der Waals surface area contributed by atoms with E-state index in [9.17, 15) is 18.0 Å². The van der Waals surface area contributed by atoms with Gasteiger partial charge in [0.25, 0.3) is 0 Å². The Bertz CT molecular complexity index is 555. The fourth-order valence-electron chi connectivity index (χ4n) is 3.68. The van der Waals surface area contributed by atoms with E-state index in [0.29, 0.717) is 45.3 Å². The Morgan fingerprint density at radius 1 is 1.08 bits per heavy atom. The molecule has 8 heteroatoms. The molecule has 24 heavy (non-hydrogen) atoms. The Labute approximate surface area is 144 Å². The lowest BCUT2D eigenvalue weighted by molar-refractivity contribution is -0.139. The van der Waals surface area contributed by atoms with Crippen LogP contribution in [-0.2, 0) is 19.6 Å². The third-order valence-electron chi connectivity index (χ3n) is 4.95. The standard InChI is InChI=1S/C16H28N2O5S/c1-2-11-24(22,23)18-8-4-3-5-14(18)16(21)17-9-6-13(7-10-17)12-15(19)20/h13-14H,2-12H2,1H3,(H,19,20). The summed E-state index contributed by atoms with van der Waals surface area (Å²) in [5.41, 5.74) is 0. The first-order valence-electron chi connectivity index (χ1n) is 8.85. The van der Waals surface area contributed by atoms with Gasteiger partial charge in [-0.2, -0.15) is 4.31 Å². The molecule has 0 saturated carbocycles. The topological polar surface area (TPSA) is 95.0 Å². The second-order valence-electron chi connectivity index (χ2n) is 6.80. The smallest absolute Gasteiger partial charge is 0.303 e. The monoisotopic (exact) mass is 360 g/mol. The van der Waals surface area contributed by atoms with Crippen molar-refractivity contribution in [2.75, 3.05) is 25.4 Å². The number of likely N-dealkylation sites (tertiary alicyclic amines) is 1. The van der Waals surface area contributed by atoms with Crippen molar-refractivity contribution in [3.63, 3.8) is 0 Å². The molecular weight excluding hydrogens is 332 g/mol. The Morgan fingerprint density at radius 2 is 1.75 bits per heavy atom. The molecule has 2 heterocycles. The zero-order valence-corrected chi connectivity index (χ0v) is 15.1. The summed E-state index contributed by atoms with van der Waals surface area (Å²) < 4.78 is 26.3. The lowest BCUT2D eigenvalue weighted by Crippen LogP contribution is -2.54. The minimum absolute atomic E-state index is 0.0808. The SMILES string of the molecule is CCCS(=O)(=O)N1CCCCC1C(=O)N1CCC(CC(=O)O)CC1. The minimum Gasteiger partial charge on any atom is -0.481 e. The summed E-state index contributed by atoms with van der Waals surface area (Å²) in [6.45, 7) is 3.30. The van der Waals surface area contributed by atoms with Gasteiger partial charge in [-0.1, -0.05) is 13.3 Å². The van der Waals surface area contributed by atoms with Crippen molar-refractivity contribution in [1.29, 1.82) is 0 Å². The molecule has 138 valence electrons. The summed E-state index contributed by atoms with van der Waals surface area (Å²) in [6.07, 6.45) is 4.27. The molecule has 0 aromatic heterocycles. The van der Waals surface area contributed by atoms with E-state index >= 15 is 0 Å². The maximum Gasteiger partial charge on any atom is 0.303 e.